The molecule has 0 saturated carbocycles. The lowest BCUT2D eigenvalue weighted by atomic mass is 9.98. The number of amidine groups is 1. The van der Waals surface area contributed by atoms with Gasteiger partial charge in [-0.05, 0) is 47.4 Å². The van der Waals surface area contributed by atoms with E-state index in [0.717, 1.165) is 23.6 Å². The number of benzene rings is 2. The molecule has 0 bridgehead atoms. The van der Waals surface area contributed by atoms with Crippen molar-refractivity contribution in [3.8, 4) is 5.75 Å². The predicted molar refractivity (Wildman–Crippen MR) is 130 cm³/mol. The molecule has 1 saturated heterocycles. The molecule has 0 spiro atoms. The van der Waals surface area contributed by atoms with E-state index in [1.165, 1.54) is 0 Å². The van der Waals surface area contributed by atoms with E-state index in [9.17, 15) is 13.9 Å². The number of hydrogen-bond donors (Lipinski definition) is 4. The number of rotatable bonds is 4. The maximum atomic E-state index is 13.3. The Hall–Kier alpha value is -3.34. The van der Waals surface area contributed by atoms with Crippen molar-refractivity contribution in [3.05, 3.63) is 66.0 Å². The summed E-state index contributed by atoms with van der Waals surface area (Å²) in [6.45, 7) is 1.65. The van der Waals surface area contributed by atoms with Crippen molar-refractivity contribution in [3.63, 3.8) is 0 Å². The van der Waals surface area contributed by atoms with Crippen LogP contribution in [-0.2, 0) is 0 Å². The summed E-state index contributed by atoms with van der Waals surface area (Å²) < 4.78 is 32.1. The first kappa shape index (κ1) is 21.5. The molecule has 2 aliphatic rings. The van der Waals surface area contributed by atoms with Crippen molar-refractivity contribution in [2.45, 2.75) is 12.8 Å². The quantitative estimate of drug-likeness (QED) is 0.458. The van der Waals surface area contributed by atoms with Crippen molar-refractivity contribution in [1.82, 2.24) is 9.88 Å². The summed E-state index contributed by atoms with van der Waals surface area (Å²) in [5.41, 5.74) is 7.41. The molecule has 3 aromatic rings. The molecule has 33 heavy (non-hydrogen) atoms. The van der Waals surface area contributed by atoms with Gasteiger partial charge < -0.3 is 15.4 Å². The zero-order valence-corrected chi connectivity index (χ0v) is 18.7. The standard InChI is InChI=1S/C23H25N5O4S/c24-22-20-18(26-33(30,31)27-22)8-3-9-19(20)32-14-15-5-4-12-28(13-15)23(29)21-17-7-2-1-6-16(17)10-11-25-21/h1-3,6-11,15,26,30-31H,4-5,12-14H2,(H2,24,27). The predicted octanol–water partition coefficient (Wildman–Crippen LogP) is 3.88. The lowest BCUT2D eigenvalue weighted by Crippen LogP contribution is -2.42. The van der Waals surface area contributed by atoms with Gasteiger partial charge in [-0.3, -0.25) is 23.6 Å². The molecule has 1 unspecified atom stereocenters. The Morgan fingerprint density at radius 1 is 1.21 bits per heavy atom. The van der Waals surface area contributed by atoms with Crippen LogP contribution in [0.15, 0.2) is 59.1 Å². The normalized spacial score (nSPS) is 20.4. The first-order valence-corrected chi connectivity index (χ1v) is 12.2. The summed E-state index contributed by atoms with van der Waals surface area (Å²) in [7, 11) is -3.35. The smallest absolute Gasteiger partial charge is 0.273 e. The lowest BCUT2D eigenvalue weighted by Gasteiger charge is -2.34. The van der Waals surface area contributed by atoms with Crippen molar-refractivity contribution in [2.75, 3.05) is 24.4 Å². The molecule has 0 radical (unpaired) electrons. The molecule has 1 aromatic heterocycles. The van der Waals surface area contributed by atoms with Crippen LogP contribution in [-0.4, -0.2) is 50.4 Å². The number of carbonyl (C=O) groups excluding carboxylic acids is 1. The highest BCUT2D eigenvalue weighted by atomic mass is 32.3. The number of nitrogens with two attached hydrogens (primary N) is 1. The van der Waals surface area contributed by atoms with Crippen LogP contribution in [0.25, 0.3) is 10.8 Å². The molecule has 9 nitrogen and oxygen atoms in total. The molecule has 5 N–H and O–H groups in total. The fourth-order valence-corrected chi connectivity index (χ4v) is 5.26. The third-order valence-corrected chi connectivity index (χ3v) is 6.86. The maximum absolute atomic E-state index is 13.3. The molecule has 2 aliphatic heterocycles. The molecular weight excluding hydrogens is 442 g/mol. The molecule has 1 amide bonds. The highest BCUT2D eigenvalue weighted by Gasteiger charge is 2.28. The van der Waals surface area contributed by atoms with Gasteiger partial charge in [0.1, 0.15) is 11.4 Å². The number of piperidine rings is 1. The monoisotopic (exact) mass is 467 g/mol. The van der Waals surface area contributed by atoms with E-state index in [1.54, 1.807) is 24.4 Å². The minimum absolute atomic E-state index is 0.0156. The number of hydrogen-bond acceptors (Lipinski definition) is 8. The fraction of sp³-hybridized carbons (Fsp3) is 0.261. The van der Waals surface area contributed by atoms with Crippen molar-refractivity contribution < 1.29 is 18.6 Å². The minimum atomic E-state index is -3.35. The molecule has 2 aromatic carbocycles. The van der Waals surface area contributed by atoms with E-state index in [-0.39, 0.29) is 17.7 Å². The topological polar surface area (TPSA) is 133 Å². The Bertz CT molecular complexity index is 1240. The average Bonchev–Trinajstić information content (AvgIpc) is 2.81. The van der Waals surface area contributed by atoms with Crippen LogP contribution in [0.1, 0.15) is 28.9 Å². The van der Waals surface area contributed by atoms with E-state index in [2.05, 4.69) is 14.1 Å². The molecule has 10 heteroatoms. The van der Waals surface area contributed by atoms with Crippen LogP contribution in [0.3, 0.4) is 0 Å². The van der Waals surface area contributed by atoms with Crippen LogP contribution in [0.4, 0.5) is 5.69 Å². The molecule has 5 rings (SSSR count). The summed E-state index contributed by atoms with van der Waals surface area (Å²) in [5, 5.41) is 1.85. The van der Waals surface area contributed by atoms with E-state index in [0.29, 0.717) is 42.4 Å². The Labute approximate surface area is 192 Å². The largest absolute Gasteiger partial charge is 0.492 e. The van der Waals surface area contributed by atoms with Gasteiger partial charge in [-0.25, -0.2) is 0 Å². The van der Waals surface area contributed by atoms with Crippen LogP contribution < -0.4 is 15.2 Å². The highest BCUT2D eigenvalue weighted by Crippen LogP contribution is 2.46. The van der Waals surface area contributed by atoms with Crippen molar-refractivity contribution >= 4 is 39.2 Å². The van der Waals surface area contributed by atoms with Gasteiger partial charge in [0.2, 0.25) is 0 Å². The van der Waals surface area contributed by atoms with Gasteiger partial charge in [0.15, 0.2) is 5.84 Å². The molecule has 3 heterocycles. The molecule has 172 valence electrons. The van der Waals surface area contributed by atoms with E-state index >= 15 is 0 Å². The number of nitrogens with zero attached hydrogens (tertiary/aromatic N) is 3. The molecule has 1 fully saturated rings. The molecule has 0 aliphatic carbocycles. The summed E-state index contributed by atoms with van der Waals surface area (Å²) in [6, 6.07) is 14.9. The van der Waals surface area contributed by atoms with Gasteiger partial charge in [0.05, 0.1) is 17.9 Å². The Balaban J connectivity index is 1.30. The summed E-state index contributed by atoms with van der Waals surface area (Å²) in [4.78, 5) is 19.5. The first-order chi connectivity index (χ1) is 15.9. The van der Waals surface area contributed by atoms with Gasteiger partial charge >= 0.3 is 0 Å². The van der Waals surface area contributed by atoms with E-state index < -0.39 is 11.0 Å². The van der Waals surface area contributed by atoms with Crippen molar-refractivity contribution in [2.24, 2.45) is 16.0 Å². The lowest BCUT2D eigenvalue weighted by molar-refractivity contribution is 0.0629. The first-order valence-electron chi connectivity index (χ1n) is 10.7. The van der Waals surface area contributed by atoms with Gasteiger partial charge in [0, 0.05) is 30.6 Å². The summed E-state index contributed by atoms with van der Waals surface area (Å²) in [5.74, 6) is 0.597. The second-order valence-electron chi connectivity index (χ2n) is 8.23. The fourth-order valence-electron chi connectivity index (χ4n) is 4.39. The summed E-state index contributed by atoms with van der Waals surface area (Å²) >= 11 is 0. The number of fused-ring (bicyclic) bond motifs is 2. The number of nitrogens with one attached hydrogen (secondary N) is 1. The Morgan fingerprint density at radius 2 is 2.06 bits per heavy atom. The third kappa shape index (κ3) is 4.32. The number of ether oxygens (including phenoxy) is 1. The van der Waals surface area contributed by atoms with Gasteiger partial charge in [0.25, 0.3) is 5.91 Å². The van der Waals surface area contributed by atoms with Crippen LogP contribution in [0, 0.1) is 5.92 Å². The van der Waals surface area contributed by atoms with Crippen LogP contribution >= 0.6 is 11.0 Å². The SMILES string of the molecule is NC1=NS(O)(O)Nc2cccc(OCC3CCCN(C(=O)c4nccc5ccccc45)C3)c21. The van der Waals surface area contributed by atoms with Gasteiger partial charge in [-0.2, -0.15) is 0 Å². The zero-order chi connectivity index (χ0) is 23.0. The second-order valence-corrected chi connectivity index (χ2v) is 9.65. The number of anilines is 1. The number of aromatic nitrogens is 1. The van der Waals surface area contributed by atoms with E-state index in [4.69, 9.17) is 10.5 Å². The number of amides is 1. The van der Waals surface area contributed by atoms with Crippen LogP contribution in [0.2, 0.25) is 0 Å². The van der Waals surface area contributed by atoms with Gasteiger partial charge in [-0.15, -0.1) is 4.40 Å². The average molecular weight is 468 g/mol. The van der Waals surface area contributed by atoms with Crippen molar-refractivity contribution in [1.29, 1.82) is 0 Å². The number of carbonyl (C=O) groups is 1. The summed E-state index contributed by atoms with van der Waals surface area (Å²) in [6.07, 6.45) is 3.49. The Morgan fingerprint density at radius 3 is 2.94 bits per heavy atom. The van der Waals surface area contributed by atoms with Gasteiger partial charge in [-0.1, -0.05) is 30.3 Å². The number of likely N-dealkylation sites (tertiary alicyclic amines) is 1. The molecular formula is C23H25N5O4S. The zero-order valence-electron chi connectivity index (χ0n) is 17.8. The number of pyridine rings is 1. The second kappa shape index (κ2) is 8.54. The maximum Gasteiger partial charge on any atom is 0.273 e. The van der Waals surface area contributed by atoms with Crippen LogP contribution in [0.5, 0.6) is 5.75 Å². The minimum Gasteiger partial charge on any atom is -0.492 e. The highest BCUT2D eigenvalue weighted by molar-refractivity contribution is 8.24. The molecule has 1 atom stereocenters. The third-order valence-electron chi connectivity index (χ3n) is 5.91. The Kier molecular flexibility index (Phi) is 5.57. The van der Waals surface area contributed by atoms with E-state index in [1.807, 2.05) is 35.2 Å².